The predicted octanol–water partition coefficient (Wildman–Crippen LogP) is 3.91. The standard InChI is InChI=1S/C31H48FN7O3/c1-20(2)26(14-24(40)15-36(7)8)38-17-31(18-38)11-12-37(16-31)28-29(35-34-19-33-28)42-27-10-9-23(32)13-25(27)30(41)39(21(3)4)22(5)6/h9-10,13,19-22,24,26,40H,11-12,14-18H2,1-8H3/t24-,26+/m0/s1. The normalized spacial score (nSPS) is 18.3. The minimum absolute atomic E-state index is 0.0725. The second-order valence-corrected chi connectivity index (χ2v) is 13.3. The number of carbonyl (C=O) groups is 1. The van der Waals surface area contributed by atoms with Crippen molar-refractivity contribution in [1.82, 2.24) is 29.9 Å². The van der Waals surface area contributed by atoms with E-state index in [0.29, 0.717) is 24.3 Å². The van der Waals surface area contributed by atoms with Crippen molar-refractivity contribution in [3.05, 3.63) is 35.9 Å². The van der Waals surface area contributed by atoms with E-state index in [1.807, 2.05) is 46.7 Å². The van der Waals surface area contributed by atoms with Crippen molar-refractivity contribution in [3.63, 3.8) is 0 Å². The van der Waals surface area contributed by atoms with Gasteiger partial charge in [-0.05, 0) is 78.7 Å². The third-order valence-electron chi connectivity index (χ3n) is 8.44. The molecule has 11 heteroatoms. The monoisotopic (exact) mass is 585 g/mol. The summed E-state index contributed by atoms with van der Waals surface area (Å²) in [5.41, 5.74) is 0.270. The van der Waals surface area contributed by atoms with Gasteiger partial charge in [0.25, 0.3) is 11.8 Å². The van der Waals surface area contributed by atoms with Gasteiger partial charge >= 0.3 is 0 Å². The Morgan fingerprint density at radius 2 is 1.81 bits per heavy atom. The molecule has 42 heavy (non-hydrogen) atoms. The van der Waals surface area contributed by atoms with Crippen molar-refractivity contribution in [2.75, 3.05) is 51.7 Å². The van der Waals surface area contributed by atoms with Crippen LogP contribution in [0.25, 0.3) is 0 Å². The van der Waals surface area contributed by atoms with Crippen LogP contribution in [0, 0.1) is 17.2 Å². The fourth-order valence-corrected chi connectivity index (χ4v) is 6.65. The number of halogens is 1. The van der Waals surface area contributed by atoms with Crippen LogP contribution in [-0.4, -0.2) is 112 Å². The topological polar surface area (TPSA) is 98.2 Å². The molecule has 2 atom stereocenters. The van der Waals surface area contributed by atoms with Crippen LogP contribution in [0.1, 0.15) is 64.7 Å². The van der Waals surface area contributed by atoms with Crippen molar-refractivity contribution in [1.29, 1.82) is 0 Å². The Bertz CT molecular complexity index is 1210. The summed E-state index contributed by atoms with van der Waals surface area (Å²) in [7, 11) is 3.97. The molecule has 2 aliphatic rings. The molecule has 232 valence electrons. The number of likely N-dealkylation sites (N-methyl/N-ethyl adjacent to an activating group) is 1. The van der Waals surface area contributed by atoms with Crippen LogP contribution < -0.4 is 9.64 Å². The fourth-order valence-electron chi connectivity index (χ4n) is 6.65. The molecule has 2 saturated heterocycles. The number of aliphatic hydroxyl groups is 1. The Kier molecular flexibility index (Phi) is 10.1. The molecule has 10 nitrogen and oxygen atoms in total. The zero-order valence-electron chi connectivity index (χ0n) is 26.4. The summed E-state index contributed by atoms with van der Waals surface area (Å²) < 4.78 is 20.5. The zero-order chi connectivity index (χ0) is 30.8. The highest BCUT2D eigenvalue weighted by molar-refractivity contribution is 5.97. The maximum atomic E-state index is 14.3. The Balaban J connectivity index is 1.49. The lowest BCUT2D eigenvalue weighted by Crippen LogP contribution is -2.62. The molecule has 1 amide bonds. The molecule has 0 aliphatic carbocycles. The molecule has 1 spiro atoms. The Labute approximate surface area is 249 Å². The van der Waals surface area contributed by atoms with Crippen LogP contribution in [-0.2, 0) is 0 Å². The van der Waals surface area contributed by atoms with Crippen molar-refractivity contribution < 1.29 is 19.0 Å². The van der Waals surface area contributed by atoms with E-state index in [9.17, 15) is 14.3 Å². The largest absolute Gasteiger partial charge is 0.434 e. The fraction of sp³-hybridized carbons (Fsp3) is 0.677. The highest BCUT2D eigenvalue weighted by Crippen LogP contribution is 2.44. The van der Waals surface area contributed by atoms with Crippen molar-refractivity contribution in [3.8, 4) is 11.6 Å². The van der Waals surface area contributed by atoms with Crippen molar-refractivity contribution in [2.24, 2.45) is 11.3 Å². The van der Waals surface area contributed by atoms with Crippen LogP contribution >= 0.6 is 0 Å². The molecule has 1 aromatic heterocycles. The number of anilines is 1. The van der Waals surface area contributed by atoms with Gasteiger partial charge in [0, 0.05) is 56.3 Å². The van der Waals surface area contributed by atoms with Crippen molar-refractivity contribution >= 4 is 11.7 Å². The number of rotatable bonds is 12. The molecule has 0 bridgehead atoms. The highest BCUT2D eigenvalue weighted by atomic mass is 19.1. The zero-order valence-corrected chi connectivity index (χ0v) is 26.4. The molecule has 0 unspecified atom stereocenters. The number of aromatic nitrogens is 3. The summed E-state index contributed by atoms with van der Waals surface area (Å²) in [6.07, 6.45) is 2.81. The molecule has 3 heterocycles. The average Bonchev–Trinajstić information content (AvgIpc) is 3.32. The van der Waals surface area contributed by atoms with Crippen LogP contribution in [0.15, 0.2) is 24.5 Å². The van der Waals surface area contributed by atoms with E-state index in [0.717, 1.165) is 39.0 Å². The minimum atomic E-state index is -0.513. The molecular formula is C31H48FN7O3. The predicted molar refractivity (Wildman–Crippen MR) is 161 cm³/mol. The van der Waals surface area contributed by atoms with Gasteiger partial charge in [-0.1, -0.05) is 13.8 Å². The van der Waals surface area contributed by atoms with E-state index in [-0.39, 0.29) is 46.7 Å². The van der Waals surface area contributed by atoms with Crippen molar-refractivity contribution in [2.45, 2.75) is 78.6 Å². The van der Waals surface area contributed by atoms with Gasteiger partial charge in [0.15, 0.2) is 5.82 Å². The lowest BCUT2D eigenvalue weighted by molar-refractivity contribution is -0.0476. The van der Waals surface area contributed by atoms with E-state index in [1.54, 1.807) is 4.90 Å². The van der Waals surface area contributed by atoms with E-state index in [4.69, 9.17) is 4.74 Å². The molecule has 1 aromatic carbocycles. The van der Waals surface area contributed by atoms with Crippen LogP contribution in [0.2, 0.25) is 0 Å². The van der Waals surface area contributed by atoms with Gasteiger partial charge in [-0.15, -0.1) is 10.2 Å². The third kappa shape index (κ3) is 7.18. The number of aliphatic hydroxyl groups excluding tert-OH is 1. The van der Waals surface area contributed by atoms with Gasteiger partial charge in [0.05, 0.1) is 11.7 Å². The van der Waals surface area contributed by atoms with Crippen LogP contribution in [0.3, 0.4) is 0 Å². The summed E-state index contributed by atoms with van der Waals surface area (Å²) in [5, 5.41) is 18.8. The number of carbonyl (C=O) groups excluding carboxylic acids is 1. The lowest BCUT2D eigenvalue weighted by Gasteiger charge is -2.53. The minimum Gasteiger partial charge on any atom is -0.434 e. The average molecular weight is 586 g/mol. The van der Waals surface area contributed by atoms with Gasteiger partial charge in [-0.3, -0.25) is 9.69 Å². The first-order chi connectivity index (χ1) is 19.8. The Morgan fingerprint density at radius 1 is 1.12 bits per heavy atom. The Hall–Kier alpha value is -2.89. The van der Waals surface area contributed by atoms with Gasteiger partial charge in [0.2, 0.25) is 0 Å². The summed E-state index contributed by atoms with van der Waals surface area (Å²) in [4.78, 5) is 26.4. The quantitative estimate of drug-likeness (QED) is 0.398. The van der Waals surface area contributed by atoms with Crippen LogP contribution in [0.4, 0.5) is 10.2 Å². The number of amides is 1. The number of benzene rings is 1. The van der Waals surface area contributed by atoms with E-state index in [2.05, 4.69) is 38.8 Å². The number of hydrogen-bond donors (Lipinski definition) is 1. The first kappa shape index (κ1) is 32.0. The van der Waals surface area contributed by atoms with Gasteiger partial charge in [-0.2, -0.15) is 0 Å². The summed E-state index contributed by atoms with van der Waals surface area (Å²) in [5.74, 6) is 0.598. The first-order valence-electron chi connectivity index (χ1n) is 15.1. The number of nitrogens with zero attached hydrogens (tertiary/aromatic N) is 7. The third-order valence-corrected chi connectivity index (χ3v) is 8.44. The molecule has 2 fully saturated rings. The van der Waals surface area contributed by atoms with E-state index < -0.39 is 5.82 Å². The maximum absolute atomic E-state index is 14.3. The summed E-state index contributed by atoms with van der Waals surface area (Å²) >= 11 is 0. The van der Waals surface area contributed by atoms with E-state index in [1.165, 1.54) is 24.5 Å². The van der Waals surface area contributed by atoms with Gasteiger partial charge in [-0.25, -0.2) is 9.37 Å². The second-order valence-electron chi connectivity index (χ2n) is 13.3. The second kappa shape index (κ2) is 13.2. The highest BCUT2D eigenvalue weighted by Gasteiger charge is 2.50. The van der Waals surface area contributed by atoms with E-state index >= 15 is 0 Å². The van der Waals surface area contributed by atoms with Crippen LogP contribution in [0.5, 0.6) is 11.6 Å². The molecule has 1 N–H and O–H groups in total. The summed E-state index contributed by atoms with van der Waals surface area (Å²) in [6.45, 7) is 16.4. The SMILES string of the molecule is CC(C)[C@@H](C[C@H](O)CN(C)C)N1CC2(CCN(c3ncnnc3Oc3ccc(F)cc3C(=O)N(C(C)C)C(C)C)C2)C1. The lowest BCUT2D eigenvalue weighted by atomic mass is 9.76. The molecule has 2 aliphatic heterocycles. The summed E-state index contributed by atoms with van der Waals surface area (Å²) in [6, 6.07) is 4.14. The molecule has 0 saturated carbocycles. The molecular weight excluding hydrogens is 537 g/mol. The smallest absolute Gasteiger partial charge is 0.282 e. The Morgan fingerprint density at radius 3 is 2.43 bits per heavy atom. The molecule has 4 rings (SSSR count). The van der Waals surface area contributed by atoms with Gasteiger partial charge < -0.3 is 24.5 Å². The molecule has 2 aromatic rings. The maximum Gasteiger partial charge on any atom is 0.282 e. The molecule has 0 radical (unpaired) electrons. The number of likely N-dealkylation sites (tertiary alicyclic amines) is 1. The number of ether oxygens (including phenoxy) is 1. The number of hydrogen-bond acceptors (Lipinski definition) is 9. The first-order valence-corrected chi connectivity index (χ1v) is 15.1. The van der Waals surface area contributed by atoms with Gasteiger partial charge in [0.1, 0.15) is 17.9 Å².